The van der Waals surface area contributed by atoms with Gasteiger partial charge in [0, 0.05) is 18.4 Å². The minimum atomic E-state index is -0.949. The summed E-state index contributed by atoms with van der Waals surface area (Å²) in [6, 6.07) is 0. The number of carbonyl (C=O) groups excluding carboxylic acids is 3. The van der Waals surface area contributed by atoms with Crippen LogP contribution in [0.25, 0.3) is 0 Å². The fourth-order valence-corrected chi connectivity index (χ4v) is 1.87. The van der Waals surface area contributed by atoms with Gasteiger partial charge in [-0.2, -0.15) is 0 Å². The van der Waals surface area contributed by atoms with E-state index in [-0.39, 0.29) is 32.0 Å². The van der Waals surface area contributed by atoms with Crippen molar-refractivity contribution in [3.8, 4) is 0 Å². The Morgan fingerprint density at radius 3 is 1.45 bits per heavy atom. The summed E-state index contributed by atoms with van der Waals surface area (Å²) in [4.78, 5) is 30.4. The molecule has 1 atom stereocenters. The Hall–Kier alpha value is -1.67. The maximum Gasteiger partial charge on any atom is 0.305 e. The lowest BCUT2D eigenvalue weighted by Crippen LogP contribution is -2.21. The summed E-state index contributed by atoms with van der Waals surface area (Å²) >= 11 is 0. The van der Waals surface area contributed by atoms with E-state index < -0.39 is 18.0 Å². The van der Waals surface area contributed by atoms with Crippen LogP contribution in [0.3, 0.4) is 0 Å². The van der Waals surface area contributed by atoms with E-state index in [4.69, 9.17) is 14.9 Å². The highest BCUT2D eigenvalue weighted by atomic mass is 16.5. The normalized spacial score (nSPS) is 10.7. The van der Waals surface area contributed by atoms with E-state index in [1.165, 1.54) is 0 Å². The zero-order valence-electron chi connectivity index (χ0n) is 18.3. The third-order valence-electron chi connectivity index (χ3n) is 3.60. The zero-order valence-corrected chi connectivity index (χ0v) is 18.3. The van der Waals surface area contributed by atoms with E-state index in [0.29, 0.717) is 6.42 Å². The maximum atomic E-state index is 10.9. The van der Waals surface area contributed by atoms with Crippen LogP contribution in [0.15, 0.2) is 0 Å². The van der Waals surface area contributed by atoms with Crippen molar-refractivity contribution >= 4 is 17.9 Å². The van der Waals surface area contributed by atoms with Gasteiger partial charge in [-0.05, 0) is 32.1 Å². The molecule has 0 spiro atoms. The summed E-state index contributed by atoms with van der Waals surface area (Å²) < 4.78 is 4.69. The fourth-order valence-electron chi connectivity index (χ4n) is 1.87. The van der Waals surface area contributed by atoms with Crippen LogP contribution < -0.4 is 10.2 Å². The molecule has 0 rings (SSSR count). The Morgan fingerprint density at radius 1 is 0.759 bits per heavy atom. The molecule has 0 bridgehead atoms. The predicted octanol–water partition coefficient (Wildman–Crippen LogP) is 1.10. The van der Waals surface area contributed by atoms with E-state index in [1.807, 2.05) is 13.8 Å². The van der Waals surface area contributed by atoms with Crippen LogP contribution in [0.2, 0.25) is 0 Å². The summed E-state index contributed by atoms with van der Waals surface area (Å²) in [6.07, 6.45) is 8.41. The van der Waals surface area contributed by atoms with Gasteiger partial charge in [-0.15, -0.1) is 0 Å². The molecule has 0 fully saturated rings. The number of carboxylic acids is 2. The summed E-state index contributed by atoms with van der Waals surface area (Å²) in [6.45, 7) is 5.65. The smallest absolute Gasteiger partial charge is 0.305 e. The fraction of sp³-hybridized carbons (Fsp3) is 0.857. The molecule has 0 aliphatic heterocycles. The van der Waals surface area contributed by atoms with Gasteiger partial charge in [-0.3, -0.25) is 4.79 Å². The third-order valence-corrected chi connectivity index (χ3v) is 3.60. The molecule has 0 aliphatic carbocycles. The monoisotopic (exact) mass is 420 g/mol. The highest BCUT2D eigenvalue weighted by molar-refractivity contribution is 5.69. The van der Waals surface area contributed by atoms with Crippen molar-refractivity contribution in [2.45, 2.75) is 104 Å². The Labute approximate surface area is 175 Å². The highest BCUT2D eigenvalue weighted by Gasteiger charge is 2.06. The van der Waals surface area contributed by atoms with Crippen LogP contribution in [0.4, 0.5) is 0 Å². The van der Waals surface area contributed by atoms with Gasteiger partial charge < -0.3 is 34.8 Å². The van der Waals surface area contributed by atoms with Gasteiger partial charge in [-0.25, -0.2) is 0 Å². The van der Waals surface area contributed by atoms with Gasteiger partial charge in [0.15, 0.2) is 0 Å². The Morgan fingerprint density at radius 2 is 1.14 bits per heavy atom. The van der Waals surface area contributed by atoms with E-state index >= 15 is 0 Å². The topological polar surface area (TPSA) is 147 Å². The van der Waals surface area contributed by atoms with Gasteiger partial charge in [0.1, 0.15) is 12.7 Å². The molecular weight excluding hydrogens is 380 g/mol. The predicted molar refractivity (Wildman–Crippen MR) is 106 cm³/mol. The molecule has 0 aromatic heterocycles. The standard InChI is InChI=1S/C9H18O4.2C6H12O2/c1-2-3-4-5-9(12)13-7-8(11)6-10;2*1-2-3-4-5-6(7)8/h8,10-11H,2-7H2,1H3;2*2-5H2,1H3,(H,7,8)/p-2. The second-order valence-electron chi connectivity index (χ2n) is 6.63. The van der Waals surface area contributed by atoms with Crippen molar-refractivity contribution in [1.82, 2.24) is 0 Å². The van der Waals surface area contributed by atoms with E-state index in [9.17, 15) is 24.6 Å². The number of unbranched alkanes of at least 4 members (excludes halogenated alkanes) is 6. The van der Waals surface area contributed by atoms with Crippen molar-refractivity contribution in [1.29, 1.82) is 0 Å². The molecule has 0 saturated carbocycles. The number of esters is 1. The molecular formula is C21H40O8-2. The largest absolute Gasteiger partial charge is 0.550 e. The molecule has 0 saturated heterocycles. The van der Waals surface area contributed by atoms with Gasteiger partial charge in [0.2, 0.25) is 0 Å². The highest BCUT2D eigenvalue weighted by Crippen LogP contribution is 2.00. The van der Waals surface area contributed by atoms with E-state index in [0.717, 1.165) is 57.8 Å². The number of hydrogen-bond donors (Lipinski definition) is 2. The van der Waals surface area contributed by atoms with Crippen molar-refractivity contribution < 1.29 is 39.5 Å². The maximum absolute atomic E-state index is 10.9. The van der Waals surface area contributed by atoms with Crippen molar-refractivity contribution in [3.05, 3.63) is 0 Å². The van der Waals surface area contributed by atoms with Crippen LogP contribution in [-0.4, -0.2) is 47.4 Å². The van der Waals surface area contributed by atoms with Crippen molar-refractivity contribution in [2.75, 3.05) is 13.2 Å². The first kappa shape index (κ1) is 32.0. The molecule has 174 valence electrons. The number of hydrogen-bond acceptors (Lipinski definition) is 8. The number of carboxylic acid groups (broad SMARTS) is 2. The lowest BCUT2D eigenvalue weighted by molar-refractivity contribution is -0.307. The zero-order chi connectivity index (χ0) is 22.9. The number of rotatable bonds is 15. The summed E-state index contributed by atoms with van der Waals surface area (Å²) in [5, 5.41) is 36.8. The summed E-state index contributed by atoms with van der Waals surface area (Å²) in [5.74, 6) is -2.17. The Balaban J connectivity index is -0.000000368. The minimum absolute atomic E-state index is 0.110. The van der Waals surface area contributed by atoms with Crippen LogP contribution in [0, 0.1) is 0 Å². The first-order valence-electron chi connectivity index (χ1n) is 10.6. The molecule has 0 aromatic carbocycles. The molecule has 1 unspecified atom stereocenters. The second-order valence-corrected chi connectivity index (χ2v) is 6.63. The summed E-state index contributed by atoms with van der Waals surface area (Å²) in [7, 11) is 0. The van der Waals surface area contributed by atoms with Gasteiger partial charge in [0.25, 0.3) is 0 Å². The van der Waals surface area contributed by atoms with Crippen LogP contribution >= 0.6 is 0 Å². The molecule has 0 aliphatic rings. The van der Waals surface area contributed by atoms with Crippen LogP contribution in [0.5, 0.6) is 0 Å². The first-order valence-corrected chi connectivity index (χ1v) is 10.6. The first-order chi connectivity index (χ1) is 13.7. The van der Waals surface area contributed by atoms with Gasteiger partial charge in [-0.1, -0.05) is 59.3 Å². The quantitative estimate of drug-likeness (QED) is 0.296. The SMILES string of the molecule is CCCCCC(=O)OCC(O)CO.CCCCCC(=O)[O-].CCCCCC(=O)[O-]. The number of ether oxygens (including phenoxy) is 1. The second kappa shape index (κ2) is 26.3. The lowest BCUT2D eigenvalue weighted by Gasteiger charge is -2.07. The molecule has 2 N–H and O–H groups in total. The van der Waals surface area contributed by atoms with Crippen molar-refractivity contribution in [3.63, 3.8) is 0 Å². The van der Waals surface area contributed by atoms with Crippen molar-refractivity contribution in [2.24, 2.45) is 0 Å². The molecule has 29 heavy (non-hydrogen) atoms. The molecule has 8 nitrogen and oxygen atoms in total. The molecule has 0 aromatic rings. The molecule has 0 heterocycles. The van der Waals surface area contributed by atoms with Crippen LogP contribution in [0.1, 0.15) is 97.8 Å². The number of carbonyl (C=O) groups is 3. The lowest BCUT2D eigenvalue weighted by atomic mass is 10.2. The number of aliphatic carboxylic acids is 2. The average molecular weight is 421 g/mol. The number of aliphatic hydroxyl groups is 2. The third kappa shape index (κ3) is 37.7. The van der Waals surface area contributed by atoms with E-state index in [2.05, 4.69) is 6.92 Å². The van der Waals surface area contributed by atoms with Gasteiger partial charge in [0.05, 0.1) is 6.61 Å². The Kier molecular flexibility index (Phi) is 29.1. The van der Waals surface area contributed by atoms with E-state index in [1.54, 1.807) is 0 Å². The molecule has 0 radical (unpaired) electrons. The molecule has 0 amide bonds. The number of aliphatic hydroxyl groups excluding tert-OH is 2. The Bertz CT molecular complexity index is 365. The molecule has 8 heteroatoms. The van der Waals surface area contributed by atoms with Gasteiger partial charge >= 0.3 is 5.97 Å². The van der Waals surface area contributed by atoms with Crippen LogP contribution in [-0.2, 0) is 19.1 Å². The average Bonchev–Trinajstić information content (AvgIpc) is 2.67. The minimum Gasteiger partial charge on any atom is -0.550 e. The summed E-state index contributed by atoms with van der Waals surface area (Å²) in [5.41, 5.74) is 0.